The van der Waals surface area contributed by atoms with Crippen LogP contribution in [0.4, 0.5) is 13.2 Å². The number of pyridine rings is 1. The van der Waals surface area contributed by atoms with E-state index in [2.05, 4.69) is 15.1 Å². The lowest BCUT2D eigenvalue weighted by molar-refractivity contribution is 0.0783. The van der Waals surface area contributed by atoms with Crippen LogP contribution in [0.15, 0.2) is 53.7 Å². The Morgan fingerprint density at radius 3 is 2.54 bits per heavy atom. The summed E-state index contributed by atoms with van der Waals surface area (Å²) in [5.74, 6) is -3.77. The number of aromatic nitrogens is 5. The van der Waals surface area contributed by atoms with Crippen molar-refractivity contribution < 1.29 is 23.1 Å². The fourth-order valence-electron chi connectivity index (χ4n) is 5.07. The van der Waals surface area contributed by atoms with Crippen LogP contribution in [-0.2, 0) is 7.05 Å². The molecular weight excluding hydrogens is 513 g/mol. The molecule has 1 N–H and O–H groups in total. The molecule has 9 nitrogen and oxygen atoms in total. The first-order valence-corrected chi connectivity index (χ1v) is 12.4. The van der Waals surface area contributed by atoms with E-state index in [-0.39, 0.29) is 36.8 Å². The van der Waals surface area contributed by atoms with Crippen molar-refractivity contribution in [3.8, 4) is 17.3 Å². The molecule has 1 aliphatic rings. The van der Waals surface area contributed by atoms with E-state index in [1.54, 1.807) is 20.2 Å². The molecule has 4 heterocycles. The van der Waals surface area contributed by atoms with Crippen LogP contribution >= 0.6 is 0 Å². The topological polar surface area (TPSA) is 106 Å². The van der Waals surface area contributed by atoms with Gasteiger partial charge in [-0.15, -0.1) is 0 Å². The first-order chi connectivity index (χ1) is 18.7. The number of aryl methyl sites for hydroxylation is 1. The average Bonchev–Trinajstić information content (AvgIpc) is 3.55. The zero-order chi connectivity index (χ0) is 27.8. The highest BCUT2D eigenvalue weighted by Crippen LogP contribution is 2.35. The highest BCUT2D eigenvalue weighted by atomic mass is 19.1. The van der Waals surface area contributed by atoms with Gasteiger partial charge in [0.25, 0.3) is 11.5 Å². The van der Waals surface area contributed by atoms with Gasteiger partial charge in [-0.25, -0.2) is 13.2 Å². The molecule has 0 aliphatic carbocycles. The van der Waals surface area contributed by atoms with Crippen molar-refractivity contribution >= 4 is 5.91 Å². The molecule has 0 radical (unpaired) electrons. The zero-order valence-electron chi connectivity index (χ0n) is 21.2. The van der Waals surface area contributed by atoms with E-state index >= 15 is 0 Å². The maximum atomic E-state index is 14.2. The van der Waals surface area contributed by atoms with Gasteiger partial charge in [0.05, 0.1) is 17.8 Å². The molecule has 2 atom stereocenters. The van der Waals surface area contributed by atoms with Crippen molar-refractivity contribution in [3.63, 3.8) is 0 Å². The summed E-state index contributed by atoms with van der Waals surface area (Å²) in [6.45, 7) is 2.14. The summed E-state index contributed by atoms with van der Waals surface area (Å²) < 4.78 is 44.7. The van der Waals surface area contributed by atoms with Gasteiger partial charge in [-0.3, -0.25) is 23.8 Å². The smallest absolute Gasteiger partial charge is 0.290 e. The number of carbonyl (C=O) groups is 1. The average molecular weight is 539 g/mol. The monoisotopic (exact) mass is 538 g/mol. The molecular formula is C27H25F3N6O3. The summed E-state index contributed by atoms with van der Waals surface area (Å²) in [5, 5.41) is 15.6. The van der Waals surface area contributed by atoms with Crippen molar-refractivity contribution in [2.24, 2.45) is 7.05 Å². The minimum absolute atomic E-state index is 0.0121. The van der Waals surface area contributed by atoms with E-state index < -0.39 is 46.4 Å². The molecule has 1 amide bonds. The van der Waals surface area contributed by atoms with Gasteiger partial charge >= 0.3 is 0 Å². The van der Waals surface area contributed by atoms with Crippen LogP contribution in [0.5, 0.6) is 5.88 Å². The number of aromatic hydroxyl groups is 1. The third-order valence-electron chi connectivity index (χ3n) is 6.88. The van der Waals surface area contributed by atoms with E-state index in [0.717, 1.165) is 18.2 Å². The molecule has 1 aromatic carbocycles. The van der Waals surface area contributed by atoms with Crippen molar-refractivity contribution in [1.82, 2.24) is 29.2 Å². The van der Waals surface area contributed by atoms with Crippen molar-refractivity contribution in [2.45, 2.75) is 31.7 Å². The number of carbonyl (C=O) groups excluding carboxylic acids is 1. The van der Waals surface area contributed by atoms with Gasteiger partial charge in [-0.1, -0.05) is 6.92 Å². The summed E-state index contributed by atoms with van der Waals surface area (Å²) in [7, 11) is 1.65. The Morgan fingerprint density at radius 2 is 1.90 bits per heavy atom. The van der Waals surface area contributed by atoms with Crippen LogP contribution in [0.2, 0.25) is 0 Å². The Labute approximate surface area is 221 Å². The third-order valence-corrected chi connectivity index (χ3v) is 6.88. The number of halogens is 3. The summed E-state index contributed by atoms with van der Waals surface area (Å²) in [6, 6.07) is 4.63. The second-order valence-electron chi connectivity index (χ2n) is 9.47. The molecule has 202 valence electrons. The van der Waals surface area contributed by atoms with E-state index in [1.165, 1.54) is 38.7 Å². The number of rotatable bonds is 6. The van der Waals surface area contributed by atoms with Gasteiger partial charge in [0.1, 0.15) is 17.5 Å². The van der Waals surface area contributed by atoms with Gasteiger partial charge in [-0.05, 0) is 42.7 Å². The fourth-order valence-corrected chi connectivity index (χ4v) is 5.07. The first kappa shape index (κ1) is 26.1. The maximum Gasteiger partial charge on any atom is 0.290 e. The zero-order valence-corrected chi connectivity index (χ0v) is 21.2. The second-order valence-corrected chi connectivity index (χ2v) is 9.47. The van der Waals surface area contributed by atoms with Crippen molar-refractivity contribution in [2.75, 3.05) is 13.1 Å². The lowest BCUT2D eigenvalue weighted by Gasteiger charge is -2.26. The van der Waals surface area contributed by atoms with Crippen molar-refractivity contribution in [1.29, 1.82) is 0 Å². The van der Waals surface area contributed by atoms with Crippen LogP contribution in [0.25, 0.3) is 11.4 Å². The molecule has 1 fully saturated rings. The molecule has 1 unspecified atom stereocenters. The van der Waals surface area contributed by atoms with Crippen molar-refractivity contribution in [3.05, 3.63) is 93.5 Å². The predicted molar refractivity (Wildman–Crippen MR) is 135 cm³/mol. The van der Waals surface area contributed by atoms with Crippen LogP contribution in [0.3, 0.4) is 0 Å². The largest absolute Gasteiger partial charge is 0.494 e. The number of nitrogens with zero attached hydrogens (tertiary/aromatic N) is 6. The summed E-state index contributed by atoms with van der Waals surface area (Å²) in [5.41, 5.74) is -0.502. The van der Waals surface area contributed by atoms with Gasteiger partial charge < -0.3 is 10.0 Å². The lowest BCUT2D eigenvalue weighted by Crippen LogP contribution is -2.35. The SMILES string of the molecule is CC[C@@H](c1cc(F)cc(F)c1)n1c(-c2cnn(C)c2)nc(=O)c(C(=O)N2CCC(c3cc(F)ccn3)C2)c1O. The Hall–Kier alpha value is -4.48. The summed E-state index contributed by atoms with van der Waals surface area (Å²) >= 11 is 0. The third kappa shape index (κ3) is 5.01. The minimum Gasteiger partial charge on any atom is -0.494 e. The van der Waals surface area contributed by atoms with Crippen LogP contribution in [0, 0.1) is 17.5 Å². The molecule has 3 aromatic heterocycles. The molecule has 12 heteroatoms. The minimum atomic E-state index is -0.958. The molecule has 4 aromatic rings. The van der Waals surface area contributed by atoms with Crippen LogP contribution in [0.1, 0.15) is 53.3 Å². The molecule has 1 saturated heterocycles. The molecule has 39 heavy (non-hydrogen) atoms. The van der Waals surface area contributed by atoms with Crippen LogP contribution in [-0.4, -0.2) is 53.3 Å². The fraction of sp³-hybridized carbons (Fsp3) is 0.296. The second kappa shape index (κ2) is 10.4. The van der Waals surface area contributed by atoms with E-state index in [0.29, 0.717) is 17.7 Å². The number of likely N-dealkylation sites (tertiary alicyclic amines) is 1. The molecule has 0 bridgehead atoms. The standard InChI is InChI=1S/C27H25F3N6O3/c1-3-22(16-8-19(29)10-20(30)9-16)36-24(17-12-32-34(2)13-17)33-25(37)23(27(36)39)26(38)35-7-5-15(14-35)21-11-18(28)4-6-31-21/h4,6,8-13,15,22,39H,3,5,7,14H2,1-2H3/t15?,22-/m0/s1. The summed E-state index contributed by atoms with van der Waals surface area (Å²) in [4.78, 5) is 36.5. The van der Waals surface area contributed by atoms with E-state index in [9.17, 15) is 27.9 Å². The lowest BCUT2D eigenvalue weighted by atomic mass is 10.0. The molecule has 1 aliphatic heterocycles. The van der Waals surface area contributed by atoms with Crippen LogP contribution < -0.4 is 5.56 Å². The molecule has 0 spiro atoms. The number of hydrogen-bond donors (Lipinski definition) is 1. The van der Waals surface area contributed by atoms with E-state index in [1.807, 2.05) is 0 Å². The Morgan fingerprint density at radius 1 is 1.15 bits per heavy atom. The predicted octanol–water partition coefficient (Wildman–Crippen LogP) is 3.79. The maximum absolute atomic E-state index is 14.2. The highest BCUT2D eigenvalue weighted by Gasteiger charge is 2.34. The number of amides is 1. The molecule has 5 rings (SSSR count). The van der Waals surface area contributed by atoms with Gasteiger partial charge in [0.2, 0.25) is 5.88 Å². The van der Waals surface area contributed by atoms with Gasteiger partial charge in [0, 0.05) is 50.2 Å². The Kier molecular flexibility index (Phi) is 6.94. The number of benzene rings is 1. The quantitative estimate of drug-likeness (QED) is 0.401. The summed E-state index contributed by atoms with van der Waals surface area (Å²) in [6.07, 6.45) is 5.06. The van der Waals surface area contributed by atoms with E-state index in [4.69, 9.17) is 0 Å². The number of hydrogen-bond acceptors (Lipinski definition) is 6. The van der Waals surface area contributed by atoms with Gasteiger partial charge in [-0.2, -0.15) is 10.1 Å². The Balaban J connectivity index is 1.61. The van der Waals surface area contributed by atoms with Gasteiger partial charge in [0.15, 0.2) is 11.4 Å². The first-order valence-electron chi connectivity index (χ1n) is 12.4. The molecule has 0 saturated carbocycles. The Bertz CT molecular complexity index is 1600. The highest BCUT2D eigenvalue weighted by molar-refractivity contribution is 5.96. The normalized spacial score (nSPS) is 16.0.